The van der Waals surface area contributed by atoms with Crippen LogP contribution in [0.2, 0.25) is 0 Å². The van der Waals surface area contributed by atoms with E-state index in [2.05, 4.69) is 10.3 Å². The van der Waals surface area contributed by atoms with Crippen molar-refractivity contribution in [2.75, 3.05) is 19.0 Å². The number of methoxy groups -OCH3 is 1. The van der Waals surface area contributed by atoms with E-state index < -0.39 is 29.5 Å². The first-order valence-corrected chi connectivity index (χ1v) is 11.7. The minimum Gasteiger partial charge on any atom is -0.392 e. The summed E-state index contributed by atoms with van der Waals surface area (Å²) >= 11 is 0. The molecule has 0 bridgehead atoms. The smallest absolute Gasteiger partial charge is 0.392 e. The van der Waals surface area contributed by atoms with Crippen molar-refractivity contribution >= 4 is 11.7 Å². The van der Waals surface area contributed by atoms with Gasteiger partial charge in [-0.15, -0.1) is 0 Å². The molecule has 0 saturated heterocycles. The third-order valence-corrected chi connectivity index (χ3v) is 6.22. The molecule has 1 unspecified atom stereocenters. The number of aliphatic hydroxyl groups excluding tert-OH is 1. The molecular formula is C26H28F4N4O3. The van der Waals surface area contributed by atoms with Crippen molar-refractivity contribution in [3.63, 3.8) is 0 Å². The van der Waals surface area contributed by atoms with Crippen molar-refractivity contribution in [2.24, 2.45) is 0 Å². The lowest BCUT2D eigenvalue weighted by Crippen LogP contribution is -2.49. The third kappa shape index (κ3) is 5.62. The molecule has 0 aliphatic carbocycles. The number of pyridine rings is 1. The lowest BCUT2D eigenvalue weighted by molar-refractivity contribution is -0.137. The third-order valence-electron chi connectivity index (χ3n) is 6.22. The molecule has 1 atom stereocenters. The Kier molecular flexibility index (Phi) is 7.56. The zero-order valence-corrected chi connectivity index (χ0v) is 20.6. The Bertz CT molecular complexity index is 1290. The van der Waals surface area contributed by atoms with Crippen molar-refractivity contribution < 1.29 is 32.2 Å². The van der Waals surface area contributed by atoms with E-state index in [0.29, 0.717) is 11.1 Å². The van der Waals surface area contributed by atoms with Crippen LogP contribution in [0.1, 0.15) is 41.0 Å². The van der Waals surface area contributed by atoms with E-state index in [-0.39, 0.29) is 55.0 Å². The van der Waals surface area contributed by atoms with Crippen LogP contribution in [0.25, 0.3) is 11.1 Å². The number of halogens is 4. The number of anilines is 1. The van der Waals surface area contributed by atoms with E-state index in [1.807, 2.05) is 13.8 Å². The van der Waals surface area contributed by atoms with Gasteiger partial charge in [-0.3, -0.25) is 4.79 Å². The number of aliphatic hydroxyl groups is 1. The standard InChI is InChI=1S/C26H28F4N4O3/c1-15(2)32-24-8-21(22(9-31-24)26(28,29)30)18-7-23-25(36)34(20(14-37-3)12-33(23)10-18)11-17-6-19(27)5-4-16(17)13-35/h4-10,15,20,35H,11-14H2,1-3H3,(H,31,32). The highest BCUT2D eigenvalue weighted by atomic mass is 19.4. The minimum atomic E-state index is -4.64. The summed E-state index contributed by atoms with van der Waals surface area (Å²) in [6.45, 7) is 3.80. The Morgan fingerprint density at radius 1 is 1.22 bits per heavy atom. The van der Waals surface area contributed by atoms with Crippen LogP contribution in [0.3, 0.4) is 0 Å². The van der Waals surface area contributed by atoms with Crippen LogP contribution in [-0.2, 0) is 30.6 Å². The van der Waals surface area contributed by atoms with Crippen molar-refractivity contribution in [2.45, 2.75) is 51.8 Å². The molecule has 0 spiro atoms. The Labute approximate surface area is 211 Å². The lowest BCUT2D eigenvalue weighted by atomic mass is 10.0. The number of amides is 1. The van der Waals surface area contributed by atoms with Gasteiger partial charge in [-0.25, -0.2) is 9.37 Å². The maximum atomic E-state index is 13.9. The predicted octanol–water partition coefficient (Wildman–Crippen LogP) is 4.69. The summed E-state index contributed by atoms with van der Waals surface area (Å²) in [5.74, 6) is -0.653. The quantitative estimate of drug-likeness (QED) is 0.422. The van der Waals surface area contributed by atoms with Gasteiger partial charge < -0.3 is 24.6 Å². The molecule has 4 rings (SSSR count). The Hall–Kier alpha value is -3.44. The number of nitrogens with zero attached hydrogens (tertiary/aromatic N) is 3. The molecular weight excluding hydrogens is 492 g/mol. The van der Waals surface area contributed by atoms with Gasteiger partial charge in [-0.1, -0.05) is 6.07 Å². The van der Waals surface area contributed by atoms with E-state index >= 15 is 0 Å². The number of carbonyl (C=O) groups is 1. The molecule has 2 N–H and O–H groups in total. The summed E-state index contributed by atoms with van der Waals surface area (Å²) in [7, 11) is 1.48. The summed E-state index contributed by atoms with van der Waals surface area (Å²) in [6.07, 6.45) is -2.33. The van der Waals surface area contributed by atoms with E-state index in [1.165, 1.54) is 48.5 Å². The van der Waals surface area contributed by atoms with E-state index in [1.54, 1.807) is 4.57 Å². The summed E-state index contributed by atoms with van der Waals surface area (Å²) < 4.78 is 62.4. The fourth-order valence-electron chi connectivity index (χ4n) is 4.54. The predicted molar refractivity (Wildman–Crippen MR) is 129 cm³/mol. The molecule has 11 heteroatoms. The highest BCUT2D eigenvalue weighted by Gasteiger charge is 2.37. The number of alkyl halides is 3. The molecule has 1 aliphatic heterocycles. The number of benzene rings is 1. The highest BCUT2D eigenvalue weighted by molar-refractivity contribution is 5.95. The van der Waals surface area contributed by atoms with Crippen molar-refractivity contribution in [3.05, 3.63) is 70.9 Å². The van der Waals surface area contributed by atoms with Crippen LogP contribution in [-0.4, -0.2) is 51.3 Å². The van der Waals surface area contributed by atoms with Gasteiger partial charge in [-0.2, -0.15) is 13.2 Å². The minimum absolute atomic E-state index is 0.00649. The molecule has 0 fully saturated rings. The van der Waals surface area contributed by atoms with Crippen LogP contribution in [0.4, 0.5) is 23.4 Å². The van der Waals surface area contributed by atoms with Gasteiger partial charge in [0.2, 0.25) is 0 Å². The van der Waals surface area contributed by atoms with E-state index in [0.717, 1.165) is 6.20 Å². The number of rotatable bonds is 8. The average Bonchev–Trinajstić information content (AvgIpc) is 3.25. The van der Waals surface area contributed by atoms with E-state index in [4.69, 9.17) is 4.74 Å². The number of ether oxygens (including phenoxy) is 1. The first-order valence-electron chi connectivity index (χ1n) is 11.7. The van der Waals surface area contributed by atoms with Crippen LogP contribution >= 0.6 is 0 Å². The molecule has 37 heavy (non-hydrogen) atoms. The SMILES string of the molecule is COCC1Cn2cc(-c3cc(NC(C)C)ncc3C(F)(F)F)cc2C(=O)N1Cc1cc(F)ccc1CO. The number of aromatic nitrogens is 2. The first kappa shape index (κ1) is 26.6. The molecule has 1 aromatic carbocycles. The molecule has 7 nitrogen and oxygen atoms in total. The van der Waals surface area contributed by atoms with Gasteiger partial charge in [-0.05, 0) is 49.2 Å². The average molecular weight is 521 g/mol. The highest BCUT2D eigenvalue weighted by Crippen LogP contribution is 2.39. The second kappa shape index (κ2) is 10.5. The number of fused-ring (bicyclic) bond motifs is 1. The summed E-state index contributed by atoms with van der Waals surface area (Å²) in [4.78, 5) is 19.0. The molecule has 1 aliphatic rings. The second-order valence-corrected chi connectivity index (χ2v) is 9.29. The molecule has 198 valence electrons. The Morgan fingerprint density at radius 3 is 2.62 bits per heavy atom. The second-order valence-electron chi connectivity index (χ2n) is 9.29. The fourth-order valence-corrected chi connectivity index (χ4v) is 4.54. The maximum Gasteiger partial charge on any atom is 0.418 e. The molecule has 0 radical (unpaired) electrons. The molecule has 0 saturated carbocycles. The number of nitrogens with one attached hydrogen (secondary N) is 1. The van der Waals surface area contributed by atoms with Gasteiger partial charge in [0, 0.05) is 49.8 Å². The normalized spacial score (nSPS) is 15.9. The topological polar surface area (TPSA) is 79.6 Å². The summed E-state index contributed by atoms with van der Waals surface area (Å²) in [5, 5.41) is 12.7. The Morgan fingerprint density at radius 2 is 1.97 bits per heavy atom. The zero-order chi connectivity index (χ0) is 26.9. The van der Waals surface area contributed by atoms with Gasteiger partial charge >= 0.3 is 6.18 Å². The van der Waals surface area contributed by atoms with Crippen LogP contribution in [0, 0.1) is 5.82 Å². The van der Waals surface area contributed by atoms with Gasteiger partial charge in [0.15, 0.2) is 0 Å². The fraction of sp³-hybridized carbons (Fsp3) is 0.385. The summed E-state index contributed by atoms with van der Waals surface area (Å²) in [6, 6.07) is 6.20. The van der Waals surface area contributed by atoms with Crippen molar-refractivity contribution in [1.82, 2.24) is 14.5 Å². The largest absolute Gasteiger partial charge is 0.418 e. The molecule has 2 aromatic heterocycles. The summed E-state index contributed by atoms with van der Waals surface area (Å²) in [5.41, 5.74) is 0.342. The first-order chi connectivity index (χ1) is 17.5. The zero-order valence-electron chi connectivity index (χ0n) is 20.6. The monoisotopic (exact) mass is 520 g/mol. The number of carbonyl (C=O) groups excluding carboxylic acids is 1. The van der Waals surface area contributed by atoms with Gasteiger partial charge in [0.25, 0.3) is 5.91 Å². The van der Waals surface area contributed by atoms with Crippen LogP contribution < -0.4 is 5.32 Å². The van der Waals surface area contributed by atoms with Crippen LogP contribution in [0.15, 0.2) is 42.7 Å². The number of hydrogen-bond acceptors (Lipinski definition) is 5. The lowest BCUT2D eigenvalue weighted by Gasteiger charge is -2.36. The van der Waals surface area contributed by atoms with Crippen LogP contribution in [0.5, 0.6) is 0 Å². The van der Waals surface area contributed by atoms with Crippen molar-refractivity contribution in [3.8, 4) is 11.1 Å². The van der Waals surface area contributed by atoms with Gasteiger partial charge in [0.05, 0.1) is 24.8 Å². The maximum absolute atomic E-state index is 13.9. The molecule has 1 amide bonds. The number of hydrogen-bond donors (Lipinski definition) is 2. The van der Waals surface area contributed by atoms with E-state index in [9.17, 15) is 27.5 Å². The van der Waals surface area contributed by atoms with Crippen molar-refractivity contribution in [1.29, 1.82) is 0 Å². The van der Waals surface area contributed by atoms with Gasteiger partial charge in [0.1, 0.15) is 17.3 Å². The molecule has 3 heterocycles. The Balaban J connectivity index is 1.76. The molecule has 3 aromatic rings.